The molecule has 0 spiro atoms. The third kappa shape index (κ3) is 2.15. The van der Waals surface area contributed by atoms with E-state index in [4.69, 9.17) is 10.5 Å². The van der Waals surface area contributed by atoms with E-state index < -0.39 is 0 Å². The first-order valence-electron chi connectivity index (χ1n) is 6.61. The van der Waals surface area contributed by atoms with Crippen LogP contribution in [0.25, 0.3) is 0 Å². The number of fused-ring (bicyclic) bond motifs is 1. The monoisotopic (exact) mass is 247 g/mol. The number of hydrogen-bond acceptors (Lipinski definition) is 2. The molecule has 3 rings (SSSR count). The molecule has 0 amide bonds. The lowest BCUT2D eigenvalue weighted by Crippen LogP contribution is -2.35. The summed E-state index contributed by atoms with van der Waals surface area (Å²) in [6, 6.07) is 4.61. The molecule has 3 heteroatoms. The summed E-state index contributed by atoms with van der Waals surface area (Å²) in [5.74, 6) is 0.885. The van der Waals surface area contributed by atoms with E-state index in [1.54, 1.807) is 6.07 Å². The molecule has 2 N–H and O–H groups in total. The molecule has 2 nitrogen and oxygen atoms in total. The highest BCUT2D eigenvalue weighted by Gasteiger charge is 2.31. The minimum absolute atomic E-state index is 0.0368. The fourth-order valence-electron chi connectivity index (χ4n) is 2.95. The van der Waals surface area contributed by atoms with Crippen LogP contribution in [-0.2, 0) is 0 Å². The number of halogens is 1. The van der Waals surface area contributed by atoms with Gasteiger partial charge in [-0.15, -0.1) is 0 Å². The maximum Gasteiger partial charge on any atom is 0.127 e. The number of ether oxygens (including phenoxy) is 1. The summed E-state index contributed by atoms with van der Waals surface area (Å²) in [4.78, 5) is 0. The Morgan fingerprint density at radius 2 is 2.17 bits per heavy atom. The molecule has 96 valence electrons. The smallest absolute Gasteiger partial charge is 0.127 e. The molecule has 0 saturated carbocycles. The highest BCUT2D eigenvalue weighted by Crippen LogP contribution is 2.38. The predicted molar refractivity (Wildman–Crippen MR) is 68.8 cm³/mol. The van der Waals surface area contributed by atoms with Gasteiger partial charge >= 0.3 is 0 Å². The van der Waals surface area contributed by atoms with Gasteiger partial charge < -0.3 is 10.5 Å². The second-order valence-corrected chi connectivity index (χ2v) is 5.23. The third-order valence-electron chi connectivity index (χ3n) is 3.98. The van der Waals surface area contributed by atoms with Gasteiger partial charge in [0, 0.05) is 24.1 Å². The number of hydrogen-bond donors (Lipinski definition) is 1. The van der Waals surface area contributed by atoms with Gasteiger partial charge in [0.05, 0.1) is 0 Å². The van der Waals surface area contributed by atoms with Crippen LogP contribution < -0.4 is 10.5 Å². The van der Waals surface area contributed by atoms with Gasteiger partial charge in [-0.1, -0.05) is 18.2 Å². The van der Waals surface area contributed by atoms with Crippen molar-refractivity contribution in [2.24, 2.45) is 11.7 Å². The van der Waals surface area contributed by atoms with Crippen molar-refractivity contribution in [1.29, 1.82) is 0 Å². The van der Waals surface area contributed by atoms with Crippen molar-refractivity contribution in [3.63, 3.8) is 0 Å². The van der Waals surface area contributed by atoms with Crippen LogP contribution >= 0.6 is 0 Å². The van der Waals surface area contributed by atoms with Crippen LogP contribution in [0.2, 0.25) is 0 Å². The summed E-state index contributed by atoms with van der Waals surface area (Å²) in [5.41, 5.74) is 7.10. The standard InChI is InChI=1S/C15H18FNO/c16-11-6-7-12-13(17)9-14(18-15(12)8-11)10-4-2-1-3-5-10/h1-2,6-8,10,13-14H,3-5,9,17H2/t10?,13-,14?/m1/s1. The molecule has 1 aliphatic carbocycles. The Morgan fingerprint density at radius 1 is 1.28 bits per heavy atom. The molecule has 18 heavy (non-hydrogen) atoms. The molecule has 1 aliphatic heterocycles. The predicted octanol–water partition coefficient (Wildman–Crippen LogP) is 3.33. The zero-order chi connectivity index (χ0) is 12.5. The van der Waals surface area contributed by atoms with E-state index in [0.717, 1.165) is 31.2 Å². The van der Waals surface area contributed by atoms with Crippen LogP contribution in [0.15, 0.2) is 30.4 Å². The SMILES string of the molecule is N[C@@H]1CC(C2CC=CCC2)Oc2cc(F)ccc21. The molecule has 1 aromatic carbocycles. The van der Waals surface area contributed by atoms with E-state index in [1.165, 1.54) is 12.1 Å². The summed E-state index contributed by atoms with van der Waals surface area (Å²) < 4.78 is 19.2. The summed E-state index contributed by atoms with van der Waals surface area (Å²) in [7, 11) is 0. The van der Waals surface area contributed by atoms with Crippen molar-refractivity contribution in [1.82, 2.24) is 0 Å². The molecule has 2 aliphatic rings. The van der Waals surface area contributed by atoms with Gasteiger partial charge in [-0.3, -0.25) is 0 Å². The van der Waals surface area contributed by atoms with Gasteiger partial charge in [-0.2, -0.15) is 0 Å². The number of benzene rings is 1. The van der Waals surface area contributed by atoms with Crippen LogP contribution in [0, 0.1) is 11.7 Å². The minimum Gasteiger partial charge on any atom is -0.490 e. The van der Waals surface area contributed by atoms with E-state index in [9.17, 15) is 4.39 Å². The summed E-state index contributed by atoms with van der Waals surface area (Å²) >= 11 is 0. The maximum absolute atomic E-state index is 13.3. The van der Waals surface area contributed by atoms with Crippen molar-refractivity contribution in [2.75, 3.05) is 0 Å². The Labute approximate surface area is 107 Å². The molecule has 0 bridgehead atoms. The van der Waals surface area contributed by atoms with Gasteiger partial charge in [0.1, 0.15) is 17.7 Å². The van der Waals surface area contributed by atoms with Gasteiger partial charge in [-0.05, 0) is 31.2 Å². The average Bonchev–Trinajstić information content (AvgIpc) is 2.39. The van der Waals surface area contributed by atoms with Crippen LogP contribution in [0.5, 0.6) is 5.75 Å². The van der Waals surface area contributed by atoms with E-state index in [2.05, 4.69) is 12.2 Å². The molecule has 0 radical (unpaired) electrons. The zero-order valence-electron chi connectivity index (χ0n) is 10.3. The highest BCUT2D eigenvalue weighted by molar-refractivity contribution is 5.38. The third-order valence-corrected chi connectivity index (χ3v) is 3.98. The van der Waals surface area contributed by atoms with E-state index in [1.807, 2.05) is 0 Å². The molecule has 0 saturated heterocycles. The Balaban J connectivity index is 1.83. The maximum atomic E-state index is 13.3. The van der Waals surface area contributed by atoms with Crippen molar-refractivity contribution in [2.45, 2.75) is 37.8 Å². The lowest BCUT2D eigenvalue weighted by Gasteiger charge is -2.35. The fraction of sp³-hybridized carbons (Fsp3) is 0.467. The second kappa shape index (κ2) is 4.73. The largest absolute Gasteiger partial charge is 0.490 e. The van der Waals surface area contributed by atoms with E-state index >= 15 is 0 Å². The van der Waals surface area contributed by atoms with Gasteiger partial charge in [0.15, 0.2) is 0 Å². The van der Waals surface area contributed by atoms with Crippen molar-refractivity contribution in [3.8, 4) is 5.75 Å². The topological polar surface area (TPSA) is 35.2 Å². The first kappa shape index (κ1) is 11.7. The molecule has 3 atom stereocenters. The number of allylic oxidation sites excluding steroid dienone is 2. The van der Waals surface area contributed by atoms with Crippen LogP contribution in [-0.4, -0.2) is 6.10 Å². The average molecular weight is 247 g/mol. The van der Waals surface area contributed by atoms with Gasteiger partial charge in [-0.25, -0.2) is 4.39 Å². The Hall–Kier alpha value is -1.35. The normalized spacial score (nSPS) is 30.7. The van der Waals surface area contributed by atoms with E-state index in [0.29, 0.717) is 11.7 Å². The first-order chi connectivity index (χ1) is 8.74. The lowest BCUT2D eigenvalue weighted by molar-refractivity contribution is 0.0933. The van der Waals surface area contributed by atoms with Gasteiger partial charge in [0.2, 0.25) is 0 Å². The van der Waals surface area contributed by atoms with Crippen molar-refractivity contribution < 1.29 is 9.13 Å². The number of rotatable bonds is 1. The lowest BCUT2D eigenvalue weighted by atomic mass is 9.84. The Kier molecular flexibility index (Phi) is 3.08. The van der Waals surface area contributed by atoms with Gasteiger partial charge in [0.25, 0.3) is 0 Å². The second-order valence-electron chi connectivity index (χ2n) is 5.23. The molecule has 2 unspecified atom stereocenters. The molecule has 0 fully saturated rings. The van der Waals surface area contributed by atoms with Crippen molar-refractivity contribution >= 4 is 0 Å². The summed E-state index contributed by atoms with van der Waals surface area (Å²) in [6.07, 6.45) is 8.67. The van der Waals surface area contributed by atoms with Crippen LogP contribution in [0.3, 0.4) is 0 Å². The molecular formula is C15H18FNO. The van der Waals surface area contributed by atoms with Crippen molar-refractivity contribution in [3.05, 3.63) is 41.7 Å². The molecular weight excluding hydrogens is 229 g/mol. The quantitative estimate of drug-likeness (QED) is 0.772. The van der Waals surface area contributed by atoms with E-state index in [-0.39, 0.29) is 18.0 Å². The first-order valence-corrected chi connectivity index (χ1v) is 6.61. The number of nitrogens with two attached hydrogens (primary N) is 1. The summed E-state index contributed by atoms with van der Waals surface area (Å²) in [6.45, 7) is 0. The zero-order valence-corrected chi connectivity index (χ0v) is 10.3. The van der Waals surface area contributed by atoms with Crippen LogP contribution in [0.1, 0.15) is 37.3 Å². The molecule has 1 heterocycles. The van der Waals surface area contributed by atoms with Crippen LogP contribution in [0.4, 0.5) is 4.39 Å². The fourth-order valence-corrected chi connectivity index (χ4v) is 2.95. The minimum atomic E-state index is -0.259. The molecule has 1 aromatic rings. The molecule has 0 aromatic heterocycles. The Morgan fingerprint density at radius 3 is 2.94 bits per heavy atom. The Bertz CT molecular complexity index is 472. The highest BCUT2D eigenvalue weighted by atomic mass is 19.1. The summed E-state index contributed by atoms with van der Waals surface area (Å²) in [5, 5.41) is 0.